The van der Waals surface area contributed by atoms with E-state index in [0.717, 1.165) is 5.56 Å². The number of furan rings is 1. The third kappa shape index (κ3) is 4.16. The number of benzene rings is 1. The van der Waals surface area contributed by atoms with Gasteiger partial charge in [-0.1, -0.05) is 18.2 Å². The minimum absolute atomic E-state index is 0.105. The van der Waals surface area contributed by atoms with Crippen molar-refractivity contribution in [2.75, 3.05) is 5.32 Å². The first-order valence-corrected chi connectivity index (χ1v) is 10.5. The summed E-state index contributed by atoms with van der Waals surface area (Å²) in [6, 6.07) is 12.6. The highest BCUT2D eigenvalue weighted by Gasteiger charge is 2.21. The van der Waals surface area contributed by atoms with E-state index in [1.54, 1.807) is 42.3 Å². The Kier molecular flexibility index (Phi) is 5.38. The standard InChI is InChI=1S/C24H21N7O3/c1-30-13-15(11-26-30)20-10-18(17-7-3-4-8-19(17)27-20)23(32)28-21-14-31(2)29-22(21)24(33)25-12-16-6-5-9-34-16/h3-11,13-14H,12H2,1-2H3,(H,25,33)(H,28,32). The number of nitrogens with zero attached hydrogens (tertiary/aromatic N) is 5. The summed E-state index contributed by atoms with van der Waals surface area (Å²) >= 11 is 0. The monoisotopic (exact) mass is 455 g/mol. The quantitative estimate of drug-likeness (QED) is 0.406. The second kappa shape index (κ2) is 8.66. The molecule has 10 nitrogen and oxygen atoms in total. The summed E-state index contributed by atoms with van der Waals surface area (Å²) in [5, 5.41) is 14.7. The fourth-order valence-corrected chi connectivity index (χ4v) is 3.67. The van der Waals surface area contributed by atoms with Crippen LogP contribution in [0.15, 0.2) is 71.7 Å². The van der Waals surface area contributed by atoms with Gasteiger partial charge in [-0.15, -0.1) is 0 Å². The number of pyridine rings is 1. The Balaban J connectivity index is 1.46. The van der Waals surface area contributed by atoms with Crippen molar-refractivity contribution in [1.29, 1.82) is 0 Å². The number of aryl methyl sites for hydroxylation is 2. The molecule has 10 heteroatoms. The van der Waals surface area contributed by atoms with Gasteiger partial charge in [0.05, 0.1) is 41.5 Å². The fourth-order valence-electron chi connectivity index (χ4n) is 3.67. The minimum Gasteiger partial charge on any atom is -0.467 e. The van der Waals surface area contributed by atoms with Gasteiger partial charge in [-0.3, -0.25) is 19.0 Å². The average molecular weight is 455 g/mol. The molecule has 0 aliphatic carbocycles. The van der Waals surface area contributed by atoms with E-state index in [1.807, 2.05) is 37.5 Å². The normalized spacial score (nSPS) is 11.0. The molecular formula is C24H21N7O3. The molecule has 4 aromatic heterocycles. The van der Waals surface area contributed by atoms with Crippen LogP contribution in [0.25, 0.3) is 22.2 Å². The number of para-hydroxylation sites is 1. The predicted molar refractivity (Wildman–Crippen MR) is 125 cm³/mol. The molecule has 2 amide bonds. The molecule has 0 radical (unpaired) electrons. The number of anilines is 1. The van der Waals surface area contributed by atoms with Gasteiger partial charge < -0.3 is 15.1 Å². The van der Waals surface area contributed by atoms with Crippen molar-refractivity contribution in [3.8, 4) is 11.3 Å². The van der Waals surface area contributed by atoms with E-state index in [1.165, 1.54) is 10.9 Å². The zero-order valence-electron chi connectivity index (χ0n) is 18.5. The number of fused-ring (bicyclic) bond motifs is 1. The number of hydrogen-bond donors (Lipinski definition) is 2. The molecule has 0 fully saturated rings. The van der Waals surface area contributed by atoms with Crippen LogP contribution in [-0.4, -0.2) is 36.4 Å². The van der Waals surface area contributed by atoms with Gasteiger partial charge in [0.1, 0.15) is 5.76 Å². The van der Waals surface area contributed by atoms with Crippen LogP contribution >= 0.6 is 0 Å². The number of hydrogen-bond acceptors (Lipinski definition) is 6. The fraction of sp³-hybridized carbons (Fsp3) is 0.125. The molecule has 2 N–H and O–H groups in total. The Morgan fingerprint density at radius 1 is 1.03 bits per heavy atom. The number of rotatable bonds is 6. The molecule has 4 heterocycles. The molecule has 0 spiro atoms. The van der Waals surface area contributed by atoms with Crippen LogP contribution in [0, 0.1) is 0 Å². The van der Waals surface area contributed by atoms with Crippen molar-refractivity contribution >= 4 is 28.4 Å². The summed E-state index contributed by atoms with van der Waals surface area (Å²) < 4.78 is 8.40. The van der Waals surface area contributed by atoms with Crippen molar-refractivity contribution in [3.05, 3.63) is 84.3 Å². The summed E-state index contributed by atoms with van der Waals surface area (Å²) in [7, 11) is 3.50. The van der Waals surface area contributed by atoms with Crippen LogP contribution in [-0.2, 0) is 20.6 Å². The third-order valence-electron chi connectivity index (χ3n) is 5.26. The van der Waals surface area contributed by atoms with E-state index < -0.39 is 5.91 Å². The Bertz CT molecular complexity index is 1500. The molecular weight excluding hydrogens is 434 g/mol. The van der Waals surface area contributed by atoms with E-state index in [2.05, 4.69) is 25.8 Å². The van der Waals surface area contributed by atoms with Crippen LogP contribution in [0.4, 0.5) is 5.69 Å². The highest BCUT2D eigenvalue weighted by atomic mass is 16.3. The number of aromatic nitrogens is 5. The number of nitrogens with one attached hydrogen (secondary N) is 2. The summed E-state index contributed by atoms with van der Waals surface area (Å²) in [5.74, 6) is -0.194. The van der Waals surface area contributed by atoms with Gasteiger partial charge >= 0.3 is 0 Å². The molecule has 0 saturated heterocycles. The van der Waals surface area contributed by atoms with Crippen molar-refractivity contribution in [2.24, 2.45) is 14.1 Å². The molecule has 0 unspecified atom stereocenters. The Morgan fingerprint density at radius 3 is 2.65 bits per heavy atom. The first kappa shape index (κ1) is 21.1. The van der Waals surface area contributed by atoms with Crippen LogP contribution in [0.2, 0.25) is 0 Å². The lowest BCUT2D eigenvalue weighted by Crippen LogP contribution is -2.25. The van der Waals surface area contributed by atoms with Gasteiger partial charge in [0.2, 0.25) is 0 Å². The van der Waals surface area contributed by atoms with Gasteiger partial charge in [-0.2, -0.15) is 10.2 Å². The third-order valence-corrected chi connectivity index (χ3v) is 5.26. The summed E-state index contributed by atoms with van der Waals surface area (Å²) in [6.07, 6.45) is 6.65. The van der Waals surface area contributed by atoms with Crippen molar-refractivity contribution < 1.29 is 14.0 Å². The minimum atomic E-state index is -0.428. The lowest BCUT2D eigenvalue weighted by atomic mass is 10.0. The van der Waals surface area contributed by atoms with Gasteiger partial charge in [0, 0.05) is 37.4 Å². The van der Waals surface area contributed by atoms with Crippen LogP contribution in [0.5, 0.6) is 0 Å². The number of carbonyl (C=O) groups is 2. The summed E-state index contributed by atoms with van der Waals surface area (Å²) in [5.41, 5.74) is 2.93. The zero-order valence-corrected chi connectivity index (χ0v) is 18.5. The Hall–Kier alpha value is -4.73. The SMILES string of the molecule is Cn1cc(-c2cc(C(=O)Nc3cn(C)nc3C(=O)NCc3ccco3)c3ccccc3n2)cn1. The van der Waals surface area contributed by atoms with Crippen molar-refractivity contribution in [1.82, 2.24) is 29.9 Å². The molecule has 34 heavy (non-hydrogen) atoms. The predicted octanol–water partition coefficient (Wildman–Crippen LogP) is 3.14. The van der Waals surface area contributed by atoms with Gasteiger partial charge in [0.15, 0.2) is 5.69 Å². The molecule has 0 aliphatic rings. The van der Waals surface area contributed by atoms with Gasteiger partial charge in [0.25, 0.3) is 11.8 Å². The van der Waals surface area contributed by atoms with Crippen LogP contribution < -0.4 is 10.6 Å². The Labute approximate surface area is 194 Å². The van der Waals surface area contributed by atoms with Crippen molar-refractivity contribution in [3.63, 3.8) is 0 Å². The highest BCUT2D eigenvalue weighted by Crippen LogP contribution is 2.26. The molecule has 5 rings (SSSR count). The van der Waals surface area contributed by atoms with E-state index in [-0.39, 0.29) is 18.1 Å². The Morgan fingerprint density at radius 2 is 1.88 bits per heavy atom. The lowest BCUT2D eigenvalue weighted by molar-refractivity contribution is 0.0943. The van der Waals surface area contributed by atoms with Crippen molar-refractivity contribution in [2.45, 2.75) is 6.54 Å². The van der Waals surface area contributed by atoms with E-state index in [0.29, 0.717) is 33.6 Å². The van der Waals surface area contributed by atoms with Gasteiger partial charge in [-0.05, 0) is 24.3 Å². The maximum absolute atomic E-state index is 13.4. The molecule has 0 bridgehead atoms. The first-order chi connectivity index (χ1) is 16.5. The summed E-state index contributed by atoms with van der Waals surface area (Å²) in [4.78, 5) is 30.8. The number of amides is 2. The second-order valence-corrected chi connectivity index (χ2v) is 7.76. The lowest BCUT2D eigenvalue weighted by Gasteiger charge is -2.10. The molecule has 1 aromatic carbocycles. The topological polar surface area (TPSA) is 120 Å². The van der Waals surface area contributed by atoms with Gasteiger partial charge in [-0.25, -0.2) is 4.98 Å². The smallest absolute Gasteiger partial charge is 0.274 e. The second-order valence-electron chi connectivity index (χ2n) is 7.76. The average Bonchev–Trinajstić information content (AvgIpc) is 3.58. The first-order valence-electron chi connectivity index (χ1n) is 10.5. The molecule has 0 saturated carbocycles. The molecule has 0 aliphatic heterocycles. The maximum atomic E-state index is 13.4. The van der Waals surface area contributed by atoms with Crippen LogP contribution in [0.1, 0.15) is 26.6 Å². The van der Waals surface area contributed by atoms with E-state index >= 15 is 0 Å². The largest absolute Gasteiger partial charge is 0.467 e. The van der Waals surface area contributed by atoms with Crippen LogP contribution in [0.3, 0.4) is 0 Å². The highest BCUT2D eigenvalue weighted by molar-refractivity contribution is 6.14. The molecule has 170 valence electrons. The maximum Gasteiger partial charge on any atom is 0.274 e. The van der Waals surface area contributed by atoms with E-state index in [4.69, 9.17) is 4.42 Å². The number of carbonyl (C=O) groups excluding carboxylic acids is 2. The molecule has 0 atom stereocenters. The summed E-state index contributed by atoms with van der Waals surface area (Å²) in [6.45, 7) is 0.208. The zero-order chi connectivity index (χ0) is 23.7. The van der Waals surface area contributed by atoms with E-state index in [9.17, 15) is 9.59 Å². The molecule has 5 aromatic rings.